The lowest BCUT2D eigenvalue weighted by atomic mass is 9.94. The van der Waals surface area contributed by atoms with Gasteiger partial charge < -0.3 is 14.8 Å². The van der Waals surface area contributed by atoms with Gasteiger partial charge in [-0.1, -0.05) is 24.1 Å². The van der Waals surface area contributed by atoms with E-state index in [-0.39, 0.29) is 11.9 Å². The molecule has 5 heteroatoms. The van der Waals surface area contributed by atoms with Crippen molar-refractivity contribution in [3.05, 3.63) is 23.4 Å². The summed E-state index contributed by atoms with van der Waals surface area (Å²) in [5, 5.41) is 3.75. The molecule has 1 aromatic rings. The van der Waals surface area contributed by atoms with E-state index in [1.165, 1.54) is 19.3 Å². The molecule has 1 spiro atoms. The van der Waals surface area contributed by atoms with Gasteiger partial charge in [0.05, 0.1) is 6.61 Å². The Morgan fingerprint density at radius 3 is 2.95 bits per heavy atom. The third-order valence-electron chi connectivity index (χ3n) is 3.76. The highest BCUT2D eigenvalue weighted by molar-refractivity contribution is 6.29. The number of anilines is 1. The second-order valence-corrected chi connectivity index (χ2v) is 5.64. The van der Waals surface area contributed by atoms with E-state index in [4.69, 9.17) is 21.1 Å². The van der Waals surface area contributed by atoms with Crippen LogP contribution in [0.25, 0.3) is 0 Å². The maximum Gasteiger partial charge on any atom is 0.168 e. The van der Waals surface area contributed by atoms with Crippen LogP contribution in [0.1, 0.15) is 32.1 Å². The number of halogens is 1. The third-order valence-corrected chi connectivity index (χ3v) is 3.97. The van der Waals surface area contributed by atoms with Gasteiger partial charge in [-0.15, -0.1) is 0 Å². The van der Waals surface area contributed by atoms with Gasteiger partial charge in [0.2, 0.25) is 0 Å². The van der Waals surface area contributed by atoms with Crippen molar-refractivity contribution < 1.29 is 9.47 Å². The fourth-order valence-corrected chi connectivity index (χ4v) is 2.96. The Morgan fingerprint density at radius 2 is 2.16 bits per heavy atom. The molecule has 0 aromatic carbocycles. The lowest BCUT2D eigenvalue weighted by Crippen LogP contribution is -2.34. The second-order valence-electron chi connectivity index (χ2n) is 5.25. The largest absolute Gasteiger partial charge is 0.367 e. The molecule has 3 rings (SSSR count). The minimum Gasteiger partial charge on any atom is -0.367 e. The molecule has 2 fully saturated rings. The van der Waals surface area contributed by atoms with Gasteiger partial charge in [-0.3, -0.25) is 0 Å². The molecule has 1 aliphatic heterocycles. The van der Waals surface area contributed by atoms with Crippen LogP contribution in [-0.2, 0) is 9.47 Å². The van der Waals surface area contributed by atoms with Crippen molar-refractivity contribution >= 4 is 17.4 Å². The lowest BCUT2D eigenvalue weighted by Gasteiger charge is -2.31. The molecule has 1 aromatic heterocycles. The summed E-state index contributed by atoms with van der Waals surface area (Å²) in [6.07, 6.45) is 5.85. The molecule has 0 radical (unpaired) electrons. The van der Waals surface area contributed by atoms with E-state index in [0.29, 0.717) is 18.3 Å². The van der Waals surface area contributed by atoms with E-state index in [1.54, 1.807) is 6.07 Å². The average molecular weight is 283 g/mol. The molecule has 2 heterocycles. The standard InChI is InChI=1S/C14H19ClN2O2/c15-12-5-4-6-13(17-12)16-9-11-10-18-14(19-11)7-2-1-3-8-14/h4-6,11H,1-3,7-10H2,(H,16,17)/t11-/m0/s1. The van der Waals surface area contributed by atoms with E-state index in [9.17, 15) is 0 Å². The molecule has 19 heavy (non-hydrogen) atoms. The Hall–Kier alpha value is -0.840. The van der Waals surface area contributed by atoms with E-state index < -0.39 is 0 Å². The summed E-state index contributed by atoms with van der Waals surface area (Å²) in [4.78, 5) is 4.20. The molecule has 0 bridgehead atoms. The van der Waals surface area contributed by atoms with Crippen LogP contribution in [0.2, 0.25) is 5.15 Å². The van der Waals surface area contributed by atoms with Gasteiger partial charge in [0.15, 0.2) is 5.79 Å². The Kier molecular flexibility index (Phi) is 3.91. The summed E-state index contributed by atoms with van der Waals surface area (Å²) in [7, 11) is 0. The Labute approximate surface area is 118 Å². The molecule has 104 valence electrons. The number of nitrogens with zero attached hydrogens (tertiary/aromatic N) is 1. The molecule has 1 saturated carbocycles. The highest BCUT2D eigenvalue weighted by atomic mass is 35.5. The summed E-state index contributed by atoms with van der Waals surface area (Å²) < 4.78 is 12.0. The summed E-state index contributed by atoms with van der Waals surface area (Å²) in [5.41, 5.74) is 0. The number of nitrogens with one attached hydrogen (secondary N) is 1. The number of hydrogen-bond acceptors (Lipinski definition) is 4. The lowest BCUT2D eigenvalue weighted by molar-refractivity contribution is -0.185. The molecular formula is C14H19ClN2O2. The molecule has 1 N–H and O–H groups in total. The maximum atomic E-state index is 6.10. The molecule has 2 aliphatic rings. The Balaban J connectivity index is 1.52. The van der Waals surface area contributed by atoms with E-state index in [1.807, 2.05) is 12.1 Å². The van der Waals surface area contributed by atoms with E-state index in [0.717, 1.165) is 18.7 Å². The van der Waals surface area contributed by atoms with Crippen molar-refractivity contribution in [2.24, 2.45) is 0 Å². The summed E-state index contributed by atoms with van der Waals surface area (Å²) in [5.74, 6) is 0.479. The fraction of sp³-hybridized carbons (Fsp3) is 0.643. The first kappa shape index (κ1) is 13.2. The van der Waals surface area contributed by atoms with Gasteiger partial charge in [0.25, 0.3) is 0 Å². The van der Waals surface area contributed by atoms with Gasteiger partial charge >= 0.3 is 0 Å². The predicted molar refractivity (Wildman–Crippen MR) is 74.4 cm³/mol. The molecule has 1 aliphatic carbocycles. The van der Waals surface area contributed by atoms with Gasteiger partial charge in [-0.25, -0.2) is 4.98 Å². The molecule has 0 unspecified atom stereocenters. The topological polar surface area (TPSA) is 43.4 Å². The predicted octanol–water partition coefficient (Wildman–Crippen LogP) is 3.22. The van der Waals surface area contributed by atoms with Crippen LogP contribution in [0.15, 0.2) is 18.2 Å². The Morgan fingerprint density at radius 1 is 1.32 bits per heavy atom. The highest BCUT2D eigenvalue weighted by Gasteiger charge is 2.41. The molecular weight excluding hydrogens is 264 g/mol. The van der Waals surface area contributed by atoms with Crippen LogP contribution in [0.3, 0.4) is 0 Å². The van der Waals surface area contributed by atoms with Crippen LogP contribution >= 0.6 is 11.6 Å². The quantitative estimate of drug-likeness (QED) is 0.865. The average Bonchev–Trinajstić information content (AvgIpc) is 2.80. The zero-order valence-electron chi connectivity index (χ0n) is 10.9. The number of aromatic nitrogens is 1. The van der Waals surface area contributed by atoms with Gasteiger partial charge in [0.1, 0.15) is 17.1 Å². The first-order valence-corrected chi connectivity index (χ1v) is 7.32. The maximum absolute atomic E-state index is 6.10. The minimum absolute atomic E-state index is 0.0962. The molecule has 1 atom stereocenters. The van der Waals surface area contributed by atoms with Gasteiger partial charge in [-0.2, -0.15) is 0 Å². The zero-order valence-corrected chi connectivity index (χ0v) is 11.7. The first-order chi connectivity index (χ1) is 9.26. The second kappa shape index (κ2) is 5.65. The minimum atomic E-state index is -0.299. The number of rotatable bonds is 3. The smallest absolute Gasteiger partial charge is 0.168 e. The van der Waals surface area contributed by atoms with Gasteiger partial charge in [0, 0.05) is 19.4 Å². The van der Waals surface area contributed by atoms with Crippen LogP contribution < -0.4 is 5.32 Å². The third kappa shape index (κ3) is 3.19. The van der Waals surface area contributed by atoms with Crippen LogP contribution in [0.4, 0.5) is 5.82 Å². The summed E-state index contributed by atoms with van der Waals surface area (Å²) in [6, 6.07) is 5.54. The normalized spacial score (nSPS) is 25.6. The number of pyridine rings is 1. The monoisotopic (exact) mass is 282 g/mol. The van der Waals surface area contributed by atoms with E-state index in [2.05, 4.69) is 10.3 Å². The van der Waals surface area contributed by atoms with Crippen LogP contribution in [-0.4, -0.2) is 30.0 Å². The Bertz CT molecular complexity index is 435. The molecule has 4 nitrogen and oxygen atoms in total. The molecule has 1 saturated heterocycles. The first-order valence-electron chi connectivity index (χ1n) is 6.94. The van der Waals surface area contributed by atoms with E-state index >= 15 is 0 Å². The highest BCUT2D eigenvalue weighted by Crippen LogP contribution is 2.37. The number of ether oxygens (including phenoxy) is 2. The fourth-order valence-electron chi connectivity index (χ4n) is 2.79. The van der Waals surface area contributed by atoms with Gasteiger partial charge in [-0.05, 0) is 25.0 Å². The van der Waals surface area contributed by atoms with Crippen LogP contribution in [0.5, 0.6) is 0 Å². The van der Waals surface area contributed by atoms with Crippen molar-refractivity contribution in [2.45, 2.75) is 44.0 Å². The molecule has 0 amide bonds. The van der Waals surface area contributed by atoms with Crippen molar-refractivity contribution in [3.8, 4) is 0 Å². The van der Waals surface area contributed by atoms with Crippen molar-refractivity contribution in [1.82, 2.24) is 4.98 Å². The number of hydrogen-bond donors (Lipinski definition) is 1. The van der Waals surface area contributed by atoms with Crippen molar-refractivity contribution in [2.75, 3.05) is 18.5 Å². The van der Waals surface area contributed by atoms with Crippen molar-refractivity contribution in [3.63, 3.8) is 0 Å². The SMILES string of the molecule is Clc1cccc(NC[C@H]2COC3(CCCCC3)O2)n1. The summed E-state index contributed by atoms with van der Waals surface area (Å²) in [6.45, 7) is 1.36. The van der Waals surface area contributed by atoms with Crippen LogP contribution in [0, 0.1) is 0 Å². The summed E-state index contributed by atoms with van der Waals surface area (Å²) >= 11 is 5.85. The van der Waals surface area contributed by atoms with Crippen molar-refractivity contribution in [1.29, 1.82) is 0 Å². The zero-order chi connectivity index (χ0) is 13.1.